The van der Waals surface area contributed by atoms with Gasteiger partial charge < -0.3 is 15.1 Å². The Morgan fingerprint density at radius 3 is 2.30 bits per heavy atom. The average Bonchev–Trinajstić information content (AvgIpc) is 2.45. The highest BCUT2D eigenvalue weighted by Gasteiger charge is 2.31. The Balaban J connectivity index is 0.00000192. The van der Waals surface area contributed by atoms with Crippen LogP contribution >= 0.6 is 12.4 Å². The minimum Gasteiger partial charge on any atom is -0.366 e. The quantitative estimate of drug-likeness (QED) is 0.842. The maximum Gasteiger partial charge on any atom is 0.228 e. The van der Waals surface area contributed by atoms with Gasteiger partial charge in [0, 0.05) is 44.8 Å². The molecule has 3 rings (SSSR count). The second-order valence-corrected chi connectivity index (χ2v) is 5.89. The molecule has 2 heterocycles. The number of Topliss-reactive ketones (excluding diaryl/α,β-unsaturated/α-hetero) is 1. The first-order valence-electron chi connectivity index (χ1n) is 7.61. The first-order chi connectivity index (χ1) is 10.6. The molecule has 2 fully saturated rings. The number of nitrogens with one attached hydrogen (secondary N) is 1. The highest BCUT2D eigenvalue weighted by molar-refractivity contribution is 5.94. The van der Waals surface area contributed by atoms with Gasteiger partial charge in [-0.25, -0.2) is 4.39 Å². The molecule has 0 aromatic heterocycles. The van der Waals surface area contributed by atoms with Crippen molar-refractivity contribution in [1.29, 1.82) is 0 Å². The van der Waals surface area contributed by atoms with E-state index in [-0.39, 0.29) is 35.8 Å². The first-order valence-corrected chi connectivity index (χ1v) is 7.61. The topological polar surface area (TPSA) is 52.7 Å². The molecule has 1 amide bonds. The lowest BCUT2D eigenvalue weighted by Crippen LogP contribution is -2.56. The smallest absolute Gasteiger partial charge is 0.228 e. The summed E-state index contributed by atoms with van der Waals surface area (Å²) in [6.45, 7) is 5.41. The summed E-state index contributed by atoms with van der Waals surface area (Å²) in [5.41, 5.74) is 0.884. The number of rotatable bonds is 3. The Hall–Kier alpha value is -1.66. The molecule has 1 aromatic rings. The zero-order valence-electron chi connectivity index (χ0n) is 13.0. The minimum absolute atomic E-state index is 0. The maximum atomic E-state index is 14.2. The van der Waals surface area contributed by atoms with Crippen molar-refractivity contribution < 1.29 is 14.0 Å². The molecule has 0 bridgehead atoms. The lowest BCUT2D eigenvalue weighted by Gasteiger charge is -2.39. The number of hydrogen-bond donors (Lipinski definition) is 1. The van der Waals surface area contributed by atoms with Crippen molar-refractivity contribution in [3.63, 3.8) is 0 Å². The van der Waals surface area contributed by atoms with Crippen LogP contribution in [-0.2, 0) is 4.79 Å². The summed E-state index contributed by atoms with van der Waals surface area (Å²) in [4.78, 5) is 27.2. The fourth-order valence-electron chi connectivity index (χ4n) is 2.87. The number of benzene rings is 1. The molecule has 23 heavy (non-hydrogen) atoms. The number of nitrogens with zero attached hydrogens (tertiary/aromatic N) is 2. The van der Waals surface area contributed by atoms with E-state index in [1.54, 1.807) is 12.1 Å². The molecule has 5 nitrogen and oxygen atoms in total. The zero-order chi connectivity index (χ0) is 15.7. The lowest BCUT2D eigenvalue weighted by atomic mass is 10.0. The van der Waals surface area contributed by atoms with Crippen molar-refractivity contribution in [2.45, 2.75) is 6.92 Å². The predicted molar refractivity (Wildman–Crippen MR) is 88.8 cm³/mol. The summed E-state index contributed by atoms with van der Waals surface area (Å²) in [5.74, 6) is -0.213. The number of carbonyl (C=O) groups excluding carboxylic acids is 2. The van der Waals surface area contributed by atoms with Crippen LogP contribution in [0.4, 0.5) is 10.1 Å². The van der Waals surface area contributed by atoms with Crippen molar-refractivity contribution in [3.05, 3.63) is 29.6 Å². The summed E-state index contributed by atoms with van der Waals surface area (Å²) in [7, 11) is 0. The molecule has 1 N–H and O–H groups in total. The SMILES string of the molecule is CC(=O)c1ccc(N2CCN(C(=O)C3CNC3)CC2)c(F)c1.Cl. The van der Waals surface area contributed by atoms with Crippen molar-refractivity contribution >= 4 is 29.8 Å². The number of halogens is 2. The Morgan fingerprint density at radius 1 is 1.17 bits per heavy atom. The Bertz CT molecular complexity index is 599. The number of ketones is 1. The molecule has 126 valence electrons. The van der Waals surface area contributed by atoms with E-state index in [0.29, 0.717) is 37.4 Å². The summed E-state index contributed by atoms with van der Waals surface area (Å²) >= 11 is 0. The van der Waals surface area contributed by atoms with Crippen LogP contribution in [0.2, 0.25) is 0 Å². The lowest BCUT2D eigenvalue weighted by molar-refractivity contribution is -0.137. The van der Waals surface area contributed by atoms with Gasteiger partial charge >= 0.3 is 0 Å². The van der Waals surface area contributed by atoms with E-state index >= 15 is 0 Å². The van der Waals surface area contributed by atoms with Gasteiger partial charge in [0.25, 0.3) is 0 Å². The minimum atomic E-state index is -0.379. The van der Waals surface area contributed by atoms with Crippen molar-refractivity contribution in [1.82, 2.24) is 10.2 Å². The van der Waals surface area contributed by atoms with Gasteiger partial charge in [0.2, 0.25) is 5.91 Å². The second kappa shape index (κ2) is 7.27. The molecular weight excluding hydrogens is 321 g/mol. The van der Waals surface area contributed by atoms with E-state index in [1.807, 2.05) is 9.80 Å². The zero-order valence-corrected chi connectivity index (χ0v) is 13.9. The van der Waals surface area contributed by atoms with Crippen LogP contribution in [0.15, 0.2) is 18.2 Å². The van der Waals surface area contributed by atoms with Crippen LogP contribution in [0.5, 0.6) is 0 Å². The summed E-state index contributed by atoms with van der Waals surface area (Å²) in [6, 6.07) is 4.59. The van der Waals surface area contributed by atoms with Crippen molar-refractivity contribution in [2.24, 2.45) is 5.92 Å². The fourth-order valence-corrected chi connectivity index (χ4v) is 2.87. The van der Waals surface area contributed by atoms with Crippen LogP contribution in [0.1, 0.15) is 17.3 Å². The molecule has 7 heteroatoms. The molecule has 0 radical (unpaired) electrons. The number of hydrogen-bond acceptors (Lipinski definition) is 4. The molecule has 0 atom stereocenters. The van der Waals surface area contributed by atoms with Gasteiger partial charge in [0.05, 0.1) is 11.6 Å². The predicted octanol–water partition coefficient (Wildman–Crippen LogP) is 1.32. The van der Waals surface area contributed by atoms with Crippen LogP contribution < -0.4 is 10.2 Å². The largest absolute Gasteiger partial charge is 0.366 e. The van der Waals surface area contributed by atoms with Gasteiger partial charge in [-0.1, -0.05) is 0 Å². The maximum absolute atomic E-state index is 14.2. The Kier molecular flexibility index (Phi) is 5.59. The fraction of sp³-hybridized carbons (Fsp3) is 0.500. The van der Waals surface area contributed by atoms with E-state index in [0.717, 1.165) is 13.1 Å². The summed E-state index contributed by atoms with van der Waals surface area (Å²) in [5, 5.41) is 3.10. The van der Waals surface area contributed by atoms with Gasteiger partial charge in [-0.3, -0.25) is 9.59 Å². The van der Waals surface area contributed by atoms with E-state index in [2.05, 4.69) is 5.32 Å². The summed E-state index contributed by atoms with van der Waals surface area (Å²) in [6.07, 6.45) is 0. The average molecular weight is 342 g/mol. The van der Waals surface area contributed by atoms with Gasteiger partial charge in [-0.15, -0.1) is 12.4 Å². The normalized spacial score (nSPS) is 18.2. The molecule has 0 spiro atoms. The Labute approximate surface area is 141 Å². The third-order valence-corrected chi connectivity index (χ3v) is 4.42. The highest BCUT2D eigenvalue weighted by atomic mass is 35.5. The van der Waals surface area contributed by atoms with Crippen LogP contribution in [-0.4, -0.2) is 55.9 Å². The molecule has 0 unspecified atom stereocenters. The van der Waals surface area contributed by atoms with E-state index in [9.17, 15) is 14.0 Å². The molecule has 2 aliphatic rings. The Morgan fingerprint density at radius 2 is 1.83 bits per heavy atom. The highest BCUT2D eigenvalue weighted by Crippen LogP contribution is 2.23. The van der Waals surface area contributed by atoms with E-state index in [4.69, 9.17) is 0 Å². The van der Waals surface area contributed by atoms with Crippen LogP contribution in [0.25, 0.3) is 0 Å². The third-order valence-electron chi connectivity index (χ3n) is 4.42. The molecular formula is C16H21ClFN3O2. The van der Waals surface area contributed by atoms with Crippen LogP contribution in [0.3, 0.4) is 0 Å². The van der Waals surface area contributed by atoms with Gasteiger partial charge in [0.1, 0.15) is 5.82 Å². The molecule has 2 aliphatic heterocycles. The van der Waals surface area contributed by atoms with Crippen molar-refractivity contribution in [3.8, 4) is 0 Å². The van der Waals surface area contributed by atoms with E-state index in [1.165, 1.54) is 13.0 Å². The standard InChI is InChI=1S/C16H20FN3O2.ClH/c1-11(21)12-2-3-15(14(17)8-12)19-4-6-20(7-5-19)16(22)13-9-18-10-13;/h2-3,8,13,18H,4-7,9-10H2,1H3;1H. The van der Waals surface area contributed by atoms with Gasteiger partial charge in [-0.05, 0) is 25.1 Å². The molecule has 2 saturated heterocycles. The van der Waals surface area contributed by atoms with Crippen molar-refractivity contribution in [2.75, 3.05) is 44.2 Å². The molecule has 0 aliphatic carbocycles. The second-order valence-electron chi connectivity index (χ2n) is 5.89. The van der Waals surface area contributed by atoms with Gasteiger partial charge in [-0.2, -0.15) is 0 Å². The molecule has 0 saturated carbocycles. The third kappa shape index (κ3) is 3.64. The van der Waals surface area contributed by atoms with Crippen LogP contribution in [0, 0.1) is 11.7 Å². The number of anilines is 1. The first kappa shape index (κ1) is 17.7. The van der Waals surface area contributed by atoms with E-state index < -0.39 is 0 Å². The number of amides is 1. The number of carbonyl (C=O) groups is 2. The van der Waals surface area contributed by atoms with Gasteiger partial charge in [0.15, 0.2) is 5.78 Å². The summed E-state index contributed by atoms with van der Waals surface area (Å²) < 4.78 is 14.2. The number of piperazine rings is 1. The molecule has 1 aromatic carbocycles. The monoisotopic (exact) mass is 341 g/mol.